The lowest BCUT2D eigenvalue weighted by Gasteiger charge is -2.35. The fraction of sp³-hybridized carbons (Fsp3) is 0.533. The molecule has 0 spiro atoms. The third kappa shape index (κ3) is 2.72. The molecule has 1 aromatic rings. The van der Waals surface area contributed by atoms with Gasteiger partial charge in [0.25, 0.3) is 0 Å². The van der Waals surface area contributed by atoms with Crippen molar-refractivity contribution in [2.45, 2.75) is 19.9 Å². The van der Waals surface area contributed by atoms with E-state index in [9.17, 15) is 5.26 Å². The number of rotatable bonds is 2. The summed E-state index contributed by atoms with van der Waals surface area (Å²) < 4.78 is 0. The highest BCUT2D eigenvalue weighted by atomic mass is 15.3. The number of nitrogens with zero attached hydrogens (tertiary/aromatic N) is 3. The summed E-state index contributed by atoms with van der Waals surface area (Å²) in [6.07, 6.45) is 0. The van der Waals surface area contributed by atoms with E-state index in [1.165, 1.54) is 11.1 Å². The molecule has 1 unspecified atom stereocenters. The highest BCUT2D eigenvalue weighted by Gasteiger charge is 2.23. The second-order valence-corrected chi connectivity index (χ2v) is 5.21. The SMILES string of the molecule is Cc1ccc(C(C#N)N2CCN(C)CC2)cc1C. The molecular weight excluding hydrogens is 222 g/mol. The summed E-state index contributed by atoms with van der Waals surface area (Å²) in [5, 5.41) is 9.45. The van der Waals surface area contributed by atoms with E-state index in [1.54, 1.807) is 0 Å². The summed E-state index contributed by atoms with van der Waals surface area (Å²) in [7, 11) is 2.13. The van der Waals surface area contributed by atoms with Gasteiger partial charge >= 0.3 is 0 Å². The van der Waals surface area contributed by atoms with E-state index in [0.717, 1.165) is 31.7 Å². The van der Waals surface area contributed by atoms with Crippen LogP contribution < -0.4 is 0 Å². The second-order valence-electron chi connectivity index (χ2n) is 5.21. The Bertz CT molecular complexity index is 453. The first-order valence-corrected chi connectivity index (χ1v) is 6.51. The van der Waals surface area contributed by atoms with Crippen molar-refractivity contribution in [3.8, 4) is 6.07 Å². The zero-order valence-corrected chi connectivity index (χ0v) is 11.5. The number of nitriles is 1. The predicted octanol–water partition coefficient (Wildman–Crippen LogP) is 2.12. The number of benzene rings is 1. The van der Waals surface area contributed by atoms with Crippen molar-refractivity contribution in [1.29, 1.82) is 5.26 Å². The molecule has 0 N–H and O–H groups in total. The first kappa shape index (κ1) is 13.1. The van der Waals surface area contributed by atoms with Gasteiger partial charge in [-0.05, 0) is 37.6 Å². The quantitative estimate of drug-likeness (QED) is 0.797. The van der Waals surface area contributed by atoms with E-state index >= 15 is 0 Å². The van der Waals surface area contributed by atoms with Crippen LogP contribution in [0.1, 0.15) is 22.7 Å². The maximum atomic E-state index is 9.45. The lowest BCUT2D eigenvalue weighted by Crippen LogP contribution is -2.45. The normalized spacial score (nSPS) is 19.4. The molecular formula is C15H21N3. The fourth-order valence-corrected chi connectivity index (χ4v) is 2.38. The van der Waals surface area contributed by atoms with Crippen LogP contribution in [-0.2, 0) is 0 Å². The number of likely N-dealkylation sites (N-methyl/N-ethyl adjacent to an activating group) is 1. The van der Waals surface area contributed by atoms with E-state index in [1.807, 2.05) is 0 Å². The average Bonchev–Trinajstić information content (AvgIpc) is 2.37. The van der Waals surface area contributed by atoms with Crippen LogP contribution in [0.4, 0.5) is 0 Å². The number of hydrogen-bond donors (Lipinski definition) is 0. The molecule has 3 heteroatoms. The summed E-state index contributed by atoms with van der Waals surface area (Å²) in [5.41, 5.74) is 3.68. The van der Waals surface area contributed by atoms with Crippen LogP contribution in [0.3, 0.4) is 0 Å². The van der Waals surface area contributed by atoms with Gasteiger partial charge in [0.1, 0.15) is 6.04 Å². The summed E-state index contributed by atoms with van der Waals surface area (Å²) in [6, 6.07) is 8.72. The first-order chi connectivity index (χ1) is 8.61. The molecule has 0 aliphatic carbocycles. The molecule has 1 heterocycles. The van der Waals surface area contributed by atoms with Gasteiger partial charge in [0.15, 0.2) is 0 Å². The van der Waals surface area contributed by atoms with Crippen molar-refractivity contribution in [2.24, 2.45) is 0 Å². The van der Waals surface area contributed by atoms with E-state index in [2.05, 4.69) is 55.0 Å². The number of aryl methyl sites for hydroxylation is 2. The molecule has 1 aliphatic rings. The monoisotopic (exact) mass is 243 g/mol. The van der Waals surface area contributed by atoms with Crippen LogP contribution in [0, 0.1) is 25.2 Å². The molecule has 1 saturated heterocycles. The minimum absolute atomic E-state index is 0.0991. The minimum atomic E-state index is -0.0991. The third-order valence-electron chi connectivity index (χ3n) is 3.87. The van der Waals surface area contributed by atoms with E-state index < -0.39 is 0 Å². The van der Waals surface area contributed by atoms with Gasteiger partial charge in [-0.1, -0.05) is 18.2 Å². The van der Waals surface area contributed by atoms with Crippen molar-refractivity contribution < 1.29 is 0 Å². The van der Waals surface area contributed by atoms with Gasteiger partial charge in [0.05, 0.1) is 6.07 Å². The molecule has 0 saturated carbocycles. The van der Waals surface area contributed by atoms with Crippen LogP contribution in [0.5, 0.6) is 0 Å². The van der Waals surface area contributed by atoms with Crippen molar-refractivity contribution in [1.82, 2.24) is 9.80 Å². The van der Waals surface area contributed by atoms with Crippen molar-refractivity contribution in [3.05, 3.63) is 34.9 Å². The fourth-order valence-electron chi connectivity index (χ4n) is 2.38. The van der Waals surface area contributed by atoms with Gasteiger partial charge in [-0.15, -0.1) is 0 Å². The number of hydrogen-bond acceptors (Lipinski definition) is 3. The summed E-state index contributed by atoms with van der Waals surface area (Å²) in [5.74, 6) is 0. The Hall–Kier alpha value is -1.37. The summed E-state index contributed by atoms with van der Waals surface area (Å²) >= 11 is 0. The second kappa shape index (κ2) is 5.51. The molecule has 0 aromatic heterocycles. The summed E-state index contributed by atoms with van der Waals surface area (Å²) in [6.45, 7) is 8.25. The predicted molar refractivity (Wildman–Crippen MR) is 73.3 cm³/mol. The zero-order chi connectivity index (χ0) is 13.1. The molecule has 1 fully saturated rings. The van der Waals surface area contributed by atoms with Gasteiger partial charge in [-0.25, -0.2) is 0 Å². The topological polar surface area (TPSA) is 30.3 Å². The molecule has 1 atom stereocenters. The summed E-state index contributed by atoms with van der Waals surface area (Å²) in [4.78, 5) is 4.59. The Morgan fingerprint density at radius 2 is 1.78 bits per heavy atom. The van der Waals surface area contributed by atoms with Crippen LogP contribution in [0.2, 0.25) is 0 Å². The smallest absolute Gasteiger partial charge is 0.123 e. The van der Waals surface area contributed by atoms with E-state index in [-0.39, 0.29) is 6.04 Å². The van der Waals surface area contributed by atoms with Crippen molar-refractivity contribution in [2.75, 3.05) is 33.2 Å². The van der Waals surface area contributed by atoms with Crippen molar-refractivity contribution >= 4 is 0 Å². The van der Waals surface area contributed by atoms with Gasteiger partial charge in [0, 0.05) is 26.2 Å². The maximum absolute atomic E-state index is 9.45. The molecule has 1 aliphatic heterocycles. The lowest BCUT2D eigenvalue weighted by molar-refractivity contribution is 0.133. The largest absolute Gasteiger partial charge is 0.304 e. The Kier molecular flexibility index (Phi) is 4.00. The minimum Gasteiger partial charge on any atom is -0.304 e. The van der Waals surface area contributed by atoms with Gasteiger partial charge in [-0.2, -0.15) is 5.26 Å². The molecule has 2 rings (SSSR count). The Balaban J connectivity index is 2.18. The standard InChI is InChI=1S/C15H21N3/c1-12-4-5-14(10-13(12)2)15(11-16)18-8-6-17(3)7-9-18/h4-5,10,15H,6-9H2,1-3H3. The van der Waals surface area contributed by atoms with Crippen LogP contribution in [0.25, 0.3) is 0 Å². The molecule has 18 heavy (non-hydrogen) atoms. The third-order valence-corrected chi connectivity index (χ3v) is 3.87. The molecule has 96 valence electrons. The van der Waals surface area contributed by atoms with Crippen LogP contribution in [0.15, 0.2) is 18.2 Å². The maximum Gasteiger partial charge on any atom is 0.123 e. The van der Waals surface area contributed by atoms with Gasteiger partial charge in [0.2, 0.25) is 0 Å². The molecule has 0 bridgehead atoms. The highest BCUT2D eigenvalue weighted by molar-refractivity contribution is 5.34. The molecule has 1 aromatic carbocycles. The number of piperazine rings is 1. The Morgan fingerprint density at radius 3 is 2.33 bits per heavy atom. The highest BCUT2D eigenvalue weighted by Crippen LogP contribution is 2.23. The Morgan fingerprint density at radius 1 is 1.11 bits per heavy atom. The first-order valence-electron chi connectivity index (χ1n) is 6.51. The van der Waals surface area contributed by atoms with Crippen molar-refractivity contribution in [3.63, 3.8) is 0 Å². The van der Waals surface area contributed by atoms with E-state index in [0.29, 0.717) is 0 Å². The van der Waals surface area contributed by atoms with Crippen LogP contribution in [-0.4, -0.2) is 43.0 Å². The lowest BCUT2D eigenvalue weighted by atomic mass is 10.0. The van der Waals surface area contributed by atoms with Gasteiger partial charge < -0.3 is 4.90 Å². The molecule has 0 radical (unpaired) electrons. The zero-order valence-electron chi connectivity index (χ0n) is 11.5. The Labute approximate surface area is 110 Å². The molecule has 0 amide bonds. The van der Waals surface area contributed by atoms with Crippen LogP contribution >= 0.6 is 0 Å². The van der Waals surface area contributed by atoms with Gasteiger partial charge in [-0.3, -0.25) is 4.90 Å². The average molecular weight is 243 g/mol. The molecule has 3 nitrogen and oxygen atoms in total. The van der Waals surface area contributed by atoms with E-state index in [4.69, 9.17) is 0 Å².